The van der Waals surface area contributed by atoms with Gasteiger partial charge in [0.2, 0.25) is 5.91 Å². The average Bonchev–Trinajstić information content (AvgIpc) is 3.34. The number of hydrogen-bond donors (Lipinski definition) is 2. The lowest BCUT2D eigenvalue weighted by Crippen LogP contribution is -2.47. The molecule has 1 spiro atoms. The fraction of sp³-hybridized carbons (Fsp3) is 0.579. The number of carbonyl (C=O) groups excluding carboxylic acids is 4. The largest absolute Gasteiger partial charge is 0.465 e. The first-order chi connectivity index (χ1) is 13.8. The van der Waals surface area contributed by atoms with Crippen molar-refractivity contribution in [2.24, 2.45) is 5.92 Å². The van der Waals surface area contributed by atoms with E-state index < -0.39 is 23.4 Å². The van der Waals surface area contributed by atoms with Crippen LogP contribution in [0.3, 0.4) is 0 Å². The molecule has 2 aliphatic heterocycles. The Morgan fingerprint density at radius 1 is 1.38 bits per heavy atom. The van der Waals surface area contributed by atoms with Gasteiger partial charge in [0.25, 0.3) is 5.91 Å². The van der Waals surface area contributed by atoms with Gasteiger partial charge in [0, 0.05) is 10.6 Å². The summed E-state index contributed by atoms with van der Waals surface area (Å²) in [4.78, 5) is 52.1. The van der Waals surface area contributed by atoms with Gasteiger partial charge in [-0.3, -0.25) is 14.5 Å². The molecule has 156 valence electrons. The number of carbonyl (C=O) groups is 4. The highest BCUT2D eigenvalue weighted by atomic mass is 32.2. The Labute approximate surface area is 176 Å². The van der Waals surface area contributed by atoms with Crippen LogP contribution in [0.5, 0.6) is 0 Å². The van der Waals surface area contributed by atoms with Crippen LogP contribution in [-0.2, 0) is 27.2 Å². The number of urea groups is 1. The number of methoxy groups -OCH3 is 1. The molecule has 3 heterocycles. The van der Waals surface area contributed by atoms with Crippen LogP contribution >= 0.6 is 23.1 Å². The van der Waals surface area contributed by atoms with Crippen LogP contribution in [0.15, 0.2) is 0 Å². The molecule has 0 aromatic carbocycles. The fourth-order valence-electron chi connectivity index (χ4n) is 4.12. The molecule has 2 N–H and O–H groups in total. The van der Waals surface area contributed by atoms with Crippen molar-refractivity contribution in [3.8, 4) is 0 Å². The quantitative estimate of drug-likeness (QED) is 0.552. The summed E-state index contributed by atoms with van der Waals surface area (Å²) < 4.78 is 4.93. The second-order valence-electron chi connectivity index (χ2n) is 7.80. The highest BCUT2D eigenvalue weighted by molar-refractivity contribution is 7.99. The average molecular weight is 438 g/mol. The summed E-state index contributed by atoms with van der Waals surface area (Å²) in [6, 6.07) is -0.542. The van der Waals surface area contributed by atoms with Gasteiger partial charge in [-0.05, 0) is 42.9 Å². The van der Waals surface area contributed by atoms with Crippen LogP contribution in [0.1, 0.15) is 40.6 Å². The van der Waals surface area contributed by atoms with Crippen LogP contribution in [0.2, 0.25) is 0 Å². The zero-order valence-electron chi connectivity index (χ0n) is 16.3. The number of imide groups is 1. The minimum atomic E-state index is -0.878. The van der Waals surface area contributed by atoms with Crippen LogP contribution in [-0.4, -0.2) is 59.4 Å². The third-order valence-corrected chi connectivity index (χ3v) is 8.08. The molecule has 0 bridgehead atoms. The van der Waals surface area contributed by atoms with Gasteiger partial charge in [0.05, 0.1) is 12.7 Å². The molecule has 2 fully saturated rings. The van der Waals surface area contributed by atoms with Crippen LogP contribution in [0.25, 0.3) is 0 Å². The maximum atomic E-state index is 12.7. The molecule has 3 aliphatic rings. The van der Waals surface area contributed by atoms with Crippen LogP contribution < -0.4 is 10.6 Å². The van der Waals surface area contributed by atoms with Crippen molar-refractivity contribution in [2.75, 3.05) is 30.5 Å². The number of fused-ring (bicyclic) bond motifs is 1. The fourth-order valence-corrected chi connectivity index (χ4v) is 6.86. The van der Waals surface area contributed by atoms with Gasteiger partial charge in [-0.15, -0.1) is 11.3 Å². The van der Waals surface area contributed by atoms with Crippen molar-refractivity contribution in [3.63, 3.8) is 0 Å². The van der Waals surface area contributed by atoms with E-state index in [0.717, 1.165) is 40.4 Å². The Kier molecular flexibility index (Phi) is 5.32. The SMILES string of the molecule is COC(=O)c1c(NC(=O)CN2C(=O)NC3(CCSC3)C2=O)sc2c1CCC(C)C2. The normalized spacial score (nSPS) is 25.9. The Morgan fingerprint density at radius 3 is 2.86 bits per heavy atom. The third-order valence-electron chi connectivity index (χ3n) is 5.72. The summed E-state index contributed by atoms with van der Waals surface area (Å²) in [5, 5.41) is 5.92. The molecule has 1 aliphatic carbocycles. The zero-order valence-corrected chi connectivity index (χ0v) is 18.0. The van der Waals surface area contributed by atoms with Gasteiger partial charge >= 0.3 is 12.0 Å². The molecule has 0 radical (unpaired) electrons. The monoisotopic (exact) mass is 437 g/mol. The predicted octanol–water partition coefficient (Wildman–Crippen LogP) is 2.03. The third kappa shape index (κ3) is 3.52. The summed E-state index contributed by atoms with van der Waals surface area (Å²) in [6.07, 6.45) is 3.17. The van der Waals surface area contributed by atoms with Crippen LogP contribution in [0, 0.1) is 5.92 Å². The van der Waals surface area contributed by atoms with Gasteiger partial charge < -0.3 is 15.4 Å². The summed E-state index contributed by atoms with van der Waals surface area (Å²) >= 11 is 2.99. The van der Waals surface area contributed by atoms with Gasteiger partial charge in [-0.1, -0.05) is 6.92 Å². The first-order valence-electron chi connectivity index (χ1n) is 9.59. The molecule has 8 nitrogen and oxygen atoms in total. The number of esters is 1. The molecule has 1 aromatic rings. The highest BCUT2D eigenvalue weighted by Gasteiger charge is 2.53. The number of hydrogen-bond acceptors (Lipinski definition) is 7. The topological polar surface area (TPSA) is 105 Å². The van der Waals surface area contributed by atoms with Crippen molar-refractivity contribution in [1.82, 2.24) is 10.2 Å². The minimum Gasteiger partial charge on any atom is -0.465 e. The number of rotatable bonds is 4. The van der Waals surface area contributed by atoms with Gasteiger partial charge in [-0.25, -0.2) is 9.59 Å². The van der Waals surface area contributed by atoms with Gasteiger partial charge in [0.15, 0.2) is 0 Å². The van der Waals surface area contributed by atoms with E-state index >= 15 is 0 Å². The van der Waals surface area contributed by atoms with E-state index in [1.807, 2.05) is 0 Å². The minimum absolute atomic E-state index is 0.352. The van der Waals surface area contributed by atoms with Crippen molar-refractivity contribution in [1.29, 1.82) is 0 Å². The summed E-state index contributed by atoms with van der Waals surface area (Å²) in [6.45, 7) is 1.78. The second-order valence-corrected chi connectivity index (χ2v) is 10.0. The molecule has 2 atom stereocenters. The Balaban J connectivity index is 1.52. The molecule has 2 saturated heterocycles. The van der Waals surface area contributed by atoms with Crippen molar-refractivity contribution in [3.05, 3.63) is 16.0 Å². The lowest BCUT2D eigenvalue weighted by Gasteiger charge is -2.19. The molecular weight excluding hydrogens is 414 g/mol. The summed E-state index contributed by atoms with van der Waals surface area (Å²) in [5.41, 5.74) is 0.456. The van der Waals surface area contributed by atoms with E-state index in [-0.39, 0.29) is 12.5 Å². The van der Waals surface area contributed by atoms with E-state index in [2.05, 4.69) is 17.6 Å². The summed E-state index contributed by atoms with van der Waals surface area (Å²) in [5.74, 6) is 0.500. The van der Waals surface area contributed by atoms with E-state index in [1.165, 1.54) is 18.4 Å². The Hall–Kier alpha value is -2.07. The predicted molar refractivity (Wildman–Crippen MR) is 110 cm³/mol. The number of nitrogens with zero attached hydrogens (tertiary/aromatic N) is 1. The molecular formula is C19H23N3O5S2. The Morgan fingerprint density at radius 2 is 2.17 bits per heavy atom. The molecule has 4 amide bonds. The van der Waals surface area contributed by atoms with Gasteiger partial charge in [0.1, 0.15) is 17.1 Å². The van der Waals surface area contributed by atoms with Crippen molar-refractivity contribution in [2.45, 2.75) is 38.1 Å². The number of ether oxygens (including phenoxy) is 1. The van der Waals surface area contributed by atoms with E-state index in [0.29, 0.717) is 28.7 Å². The smallest absolute Gasteiger partial charge is 0.341 e. The number of anilines is 1. The van der Waals surface area contributed by atoms with Crippen molar-refractivity contribution < 1.29 is 23.9 Å². The maximum Gasteiger partial charge on any atom is 0.341 e. The number of thioether (sulfide) groups is 1. The molecule has 2 unspecified atom stereocenters. The zero-order chi connectivity index (χ0) is 20.8. The van der Waals surface area contributed by atoms with Gasteiger partial charge in [-0.2, -0.15) is 11.8 Å². The lowest BCUT2D eigenvalue weighted by molar-refractivity contribution is -0.133. The van der Waals surface area contributed by atoms with E-state index in [1.54, 1.807) is 11.8 Å². The second kappa shape index (κ2) is 7.64. The standard InChI is InChI=1S/C19H23N3O5S2/c1-10-3-4-11-12(7-10)29-15(14(11)16(24)27-2)20-13(23)8-22-17(25)19(21-18(22)26)5-6-28-9-19/h10H,3-9H2,1-2H3,(H,20,23)(H,21,26). The van der Waals surface area contributed by atoms with E-state index in [4.69, 9.17) is 4.74 Å². The molecule has 4 rings (SSSR count). The van der Waals surface area contributed by atoms with E-state index in [9.17, 15) is 19.2 Å². The van der Waals surface area contributed by atoms with Crippen molar-refractivity contribution >= 4 is 51.9 Å². The molecule has 29 heavy (non-hydrogen) atoms. The molecule has 1 aromatic heterocycles. The molecule has 0 saturated carbocycles. The molecule has 10 heteroatoms. The van der Waals surface area contributed by atoms with Crippen LogP contribution in [0.4, 0.5) is 9.80 Å². The maximum absolute atomic E-state index is 12.7. The lowest BCUT2D eigenvalue weighted by atomic mass is 9.88. The first-order valence-corrected chi connectivity index (χ1v) is 11.6. The number of nitrogens with one attached hydrogen (secondary N) is 2. The summed E-state index contributed by atoms with van der Waals surface area (Å²) in [7, 11) is 1.32. The first kappa shape index (κ1) is 20.2. The highest BCUT2D eigenvalue weighted by Crippen LogP contribution is 2.40. The Bertz CT molecular complexity index is 891. The number of thiophene rings is 1. The number of amides is 4.